The van der Waals surface area contributed by atoms with Gasteiger partial charge in [-0.3, -0.25) is 4.79 Å². The van der Waals surface area contributed by atoms with Crippen molar-refractivity contribution in [2.24, 2.45) is 0 Å². The monoisotopic (exact) mass is 372 g/mol. The topological polar surface area (TPSA) is 26.3 Å². The van der Waals surface area contributed by atoms with Gasteiger partial charge in [0.05, 0.1) is 16.1 Å². The minimum atomic E-state index is -0.179. The molecule has 0 atom stereocenters. The first-order chi connectivity index (χ1) is 9.52. The number of benzene rings is 2. The molecule has 2 rings (SSSR count). The summed E-state index contributed by atoms with van der Waals surface area (Å²) in [7, 11) is 0. The lowest BCUT2D eigenvalue weighted by molar-refractivity contribution is 0.103. The number of ketones is 1. The summed E-state index contributed by atoms with van der Waals surface area (Å²) in [5.74, 6) is 0.516. The minimum absolute atomic E-state index is 0.179. The first-order valence-electron chi connectivity index (χ1n) is 5.95. The maximum absolute atomic E-state index is 12.4. The van der Waals surface area contributed by atoms with Gasteiger partial charge in [-0.25, -0.2) is 0 Å². The van der Waals surface area contributed by atoms with E-state index in [-0.39, 0.29) is 5.78 Å². The molecule has 0 saturated carbocycles. The number of hydrogen-bond acceptors (Lipinski definition) is 2. The summed E-state index contributed by atoms with van der Waals surface area (Å²) in [5, 5.41) is 0.854. The van der Waals surface area contributed by atoms with Crippen molar-refractivity contribution in [1.29, 1.82) is 0 Å². The van der Waals surface area contributed by atoms with Crippen LogP contribution >= 0.6 is 39.1 Å². The molecule has 2 aromatic rings. The quantitative estimate of drug-likeness (QED) is 0.672. The van der Waals surface area contributed by atoms with E-state index in [0.717, 1.165) is 4.47 Å². The van der Waals surface area contributed by atoms with Crippen LogP contribution < -0.4 is 4.74 Å². The van der Waals surface area contributed by atoms with Crippen LogP contribution in [0.5, 0.6) is 5.75 Å². The Kier molecular flexibility index (Phi) is 5.08. The van der Waals surface area contributed by atoms with Gasteiger partial charge >= 0.3 is 0 Å². The van der Waals surface area contributed by atoms with Crippen molar-refractivity contribution in [1.82, 2.24) is 0 Å². The lowest BCUT2D eigenvalue weighted by atomic mass is 10.0. The van der Waals surface area contributed by atoms with Gasteiger partial charge in [-0.15, -0.1) is 0 Å². The minimum Gasteiger partial charge on any atom is -0.493 e. The summed E-state index contributed by atoms with van der Waals surface area (Å²) in [5.41, 5.74) is 0.903. The highest BCUT2D eigenvalue weighted by molar-refractivity contribution is 9.10. The second-order valence-corrected chi connectivity index (χ2v) is 5.73. The Labute approximate surface area is 135 Å². The van der Waals surface area contributed by atoms with Crippen molar-refractivity contribution in [3.05, 3.63) is 62.0 Å². The van der Waals surface area contributed by atoms with Crippen molar-refractivity contribution in [2.45, 2.75) is 6.92 Å². The molecule has 0 N–H and O–H groups in total. The van der Waals surface area contributed by atoms with Crippen molar-refractivity contribution >= 4 is 44.9 Å². The standard InChI is InChI=1S/C15H11BrCl2O2/c1-2-20-14-6-3-9(7-12(14)16)15(19)11-8-10(17)4-5-13(11)18/h3-8H,2H2,1H3. The summed E-state index contributed by atoms with van der Waals surface area (Å²) < 4.78 is 6.14. The van der Waals surface area contributed by atoms with E-state index in [9.17, 15) is 4.79 Å². The van der Waals surface area contributed by atoms with Gasteiger partial charge in [0.2, 0.25) is 0 Å². The number of carbonyl (C=O) groups is 1. The van der Waals surface area contributed by atoms with Gasteiger partial charge < -0.3 is 4.74 Å². The molecule has 0 amide bonds. The molecule has 0 heterocycles. The third-order valence-corrected chi connectivity index (χ3v) is 3.85. The maximum atomic E-state index is 12.4. The fraction of sp³-hybridized carbons (Fsp3) is 0.133. The van der Waals surface area contributed by atoms with Crippen LogP contribution in [0.15, 0.2) is 40.9 Å². The Morgan fingerprint density at radius 2 is 1.95 bits per heavy atom. The number of hydrogen-bond donors (Lipinski definition) is 0. The fourth-order valence-corrected chi connectivity index (χ4v) is 2.61. The molecule has 0 saturated heterocycles. The molecular formula is C15H11BrCl2O2. The van der Waals surface area contributed by atoms with E-state index in [4.69, 9.17) is 27.9 Å². The average Bonchev–Trinajstić information content (AvgIpc) is 2.43. The Bertz CT molecular complexity index is 656. The highest BCUT2D eigenvalue weighted by Crippen LogP contribution is 2.29. The van der Waals surface area contributed by atoms with Gasteiger partial charge in [0, 0.05) is 16.1 Å². The third-order valence-electron chi connectivity index (χ3n) is 2.67. The Morgan fingerprint density at radius 3 is 2.60 bits per heavy atom. The van der Waals surface area contributed by atoms with E-state index in [1.807, 2.05) is 6.92 Å². The van der Waals surface area contributed by atoms with Crippen molar-refractivity contribution in [3.63, 3.8) is 0 Å². The van der Waals surface area contributed by atoms with Crippen molar-refractivity contribution in [3.8, 4) is 5.75 Å². The van der Waals surface area contributed by atoms with Crippen LogP contribution in [0, 0.1) is 0 Å². The number of rotatable bonds is 4. The fourth-order valence-electron chi connectivity index (χ4n) is 1.74. The van der Waals surface area contributed by atoms with E-state index < -0.39 is 0 Å². The summed E-state index contributed by atoms with van der Waals surface area (Å²) >= 11 is 15.3. The number of carbonyl (C=O) groups excluding carboxylic acids is 1. The molecule has 0 unspecified atom stereocenters. The van der Waals surface area contributed by atoms with Gasteiger partial charge in [-0.2, -0.15) is 0 Å². The number of ether oxygens (including phenoxy) is 1. The lowest BCUT2D eigenvalue weighted by Crippen LogP contribution is -2.03. The van der Waals surface area contributed by atoms with Crippen LogP contribution in [-0.2, 0) is 0 Å². The molecule has 5 heteroatoms. The van der Waals surface area contributed by atoms with Crippen LogP contribution in [-0.4, -0.2) is 12.4 Å². The summed E-state index contributed by atoms with van der Waals surface area (Å²) in [6, 6.07) is 9.99. The Balaban J connectivity index is 2.38. The van der Waals surface area contributed by atoms with Crippen LogP contribution in [0.1, 0.15) is 22.8 Å². The summed E-state index contributed by atoms with van der Waals surface area (Å²) in [6.45, 7) is 2.46. The van der Waals surface area contributed by atoms with Gasteiger partial charge in [0.1, 0.15) is 5.75 Å². The molecule has 0 bridgehead atoms. The average molecular weight is 374 g/mol. The predicted octanol–water partition coefficient (Wildman–Crippen LogP) is 5.39. The molecule has 2 nitrogen and oxygen atoms in total. The molecule has 0 aliphatic heterocycles. The Hall–Kier alpha value is -1.03. The second-order valence-electron chi connectivity index (χ2n) is 4.03. The molecule has 0 radical (unpaired) electrons. The van der Waals surface area contributed by atoms with Gasteiger partial charge in [-0.1, -0.05) is 23.2 Å². The normalized spacial score (nSPS) is 10.4. The smallest absolute Gasteiger partial charge is 0.194 e. The molecule has 0 spiro atoms. The zero-order valence-electron chi connectivity index (χ0n) is 10.6. The SMILES string of the molecule is CCOc1ccc(C(=O)c2cc(Cl)ccc2Cl)cc1Br. The van der Waals surface area contributed by atoms with Gasteiger partial charge in [0.15, 0.2) is 5.78 Å². The molecule has 20 heavy (non-hydrogen) atoms. The van der Waals surface area contributed by atoms with Crippen molar-refractivity contribution in [2.75, 3.05) is 6.61 Å². The van der Waals surface area contributed by atoms with E-state index in [2.05, 4.69) is 15.9 Å². The summed E-state index contributed by atoms with van der Waals surface area (Å²) in [4.78, 5) is 12.4. The summed E-state index contributed by atoms with van der Waals surface area (Å²) in [6.07, 6.45) is 0. The van der Waals surface area contributed by atoms with E-state index >= 15 is 0 Å². The third kappa shape index (κ3) is 3.35. The zero-order chi connectivity index (χ0) is 14.7. The first kappa shape index (κ1) is 15.4. The largest absolute Gasteiger partial charge is 0.493 e. The lowest BCUT2D eigenvalue weighted by Gasteiger charge is -2.08. The highest BCUT2D eigenvalue weighted by Gasteiger charge is 2.15. The first-order valence-corrected chi connectivity index (χ1v) is 7.50. The zero-order valence-corrected chi connectivity index (χ0v) is 13.7. The van der Waals surface area contributed by atoms with Crippen molar-refractivity contribution < 1.29 is 9.53 Å². The molecule has 2 aromatic carbocycles. The van der Waals surface area contributed by atoms with Gasteiger partial charge in [-0.05, 0) is 59.3 Å². The molecule has 0 fully saturated rings. The van der Waals surface area contributed by atoms with Gasteiger partial charge in [0.25, 0.3) is 0 Å². The second kappa shape index (κ2) is 6.61. The maximum Gasteiger partial charge on any atom is 0.194 e. The predicted molar refractivity (Wildman–Crippen MR) is 85.2 cm³/mol. The Morgan fingerprint density at radius 1 is 1.20 bits per heavy atom. The molecule has 0 aliphatic rings. The van der Waals surface area contributed by atoms with E-state index in [1.54, 1.807) is 36.4 Å². The van der Waals surface area contributed by atoms with Crippen LogP contribution in [0.3, 0.4) is 0 Å². The van der Waals surface area contributed by atoms with Crippen LogP contribution in [0.25, 0.3) is 0 Å². The molecular weight excluding hydrogens is 363 g/mol. The van der Waals surface area contributed by atoms with E-state index in [0.29, 0.717) is 33.5 Å². The van der Waals surface area contributed by atoms with Crippen LogP contribution in [0.4, 0.5) is 0 Å². The number of halogens is 3. The molecule has 104 valence electrons. The van der Waals surface area contributed by atoms with E-state index in [1.165, 1.54) is 0 Å². The highest BCUT2D eigenvalue weighted by atomic mass is 79.9. The van der Waals surface area contributed by atoms with Crippen LogP contribution in [0.2, 0.25) is 10.0 Å². The molecule has 0 aromatic heterocycles. The molecule has 0 aliphatic carbocycles.